The van der Waals surface area contributed by atoms with Crippen molar-refractivity contribution in [3.8, 4) is 11.5 Å². The van der Waals surface area contributed by atoms with Crippen LogP contribution in [0.5, 0.6) is 11.5 Å². The van der Waals surface area contributed by atoms with E-state index in [4.69, 9.17) is 4.74 Å². The van der Waals surface area contributed by atoms with Crippen molar-refractivity contribution in [2.75, 3.05) is 11.3 Å². The minimum absolute atomic E-state index is 0.175. The SMILES string of the molecule is CCOc1ccccc1NS(=O)(=O)c1ccccc1O. The smallest absolute Gasteiger partial charge is 0.265 e. The van der Waals surface area contributed by atoms with Crippen LogP contribution in [-0.4, -0.2) is 20.1 Å². The van der Waals surface area contributed by atoms with Gasteiger partial charge in [-0.3, -0.25) is 4.72 Å². The Morgan fingerprint density at radius 2 is 1.75 bits per heavy atom. The lowest BCUT2D eigenvalue weighted by molar-refractivity contribution is 0.342. The van der Waals surface area contributed by atoms with E-state index in [1.165, 1.54) is 12.1 Å². The summed E-state index contributed by atoms with van der Waals surface area (Å²) < 4.78 is 32.3. The van der Waals surface area contributed by atoms with E-state index in [1.807, 2.05) is 6.92 Å². The minimum atomic E-state index is -3.86. The molecule has 6 heteroatoms. The number of benzene rings is 2. The van der Waals surface area contributed by atoms with Crippen LogP contribution in [0.2, 0.25) is 0 Å². The number of hydrogen-bond acceptors (Lipinski definition) is 4. The van der Waals surface area contributed by atoms with Gasteiger partial charge in [-0.25, -0.2) is 8.42 Å². The average molecular weight is 293 g/mol. The first-order valence-corrected chi connectivity index (χ1v) is 7.55. The van der Waals surface area contributed by atoms with Crippen molar-refractivity contribution >= 4 is 15.7 Å². The summed E-state index contributed by atoms with van der Waals surface area (Å²) in [6.45, 7) is 2.24. The Kier molecular flexibility index (Phi) is 4.14. The molecule has 0 atom stereocenters. The second kappa shape index (κ2) is 5.83. The van der Waals surface area contributed by atoms with Gasteiger partial charge in [0.05, 0.1) is 12.3 Å². The molecular formula is C14H15NO4S. The van der Waals surface area contributed by atoms with E-state index >= 15 is 0 Å². The molecule has 0 aromatic heterocycles. The van der Waals surface area contributed by atoms with Crippen LogP contribution in [0.15, 0.2) is 53.4 Å². The lowest BCUT2D eigenvalue weighted by Crippen LogP contribution is -2.14. The Morgan fingerprint density at radius 3 is 2.45 bits per heavy atom. The summed E-state index contributed by atoms with van der Waals surface area (Å²) in [6, 6.07) is 12.5. The summed E-state index contributed by atoms with van der Waals surface area (Å²) in [6.07, 6.45) is 0. The molecule has 5 nitrogen and oxygen atoms in total. The van der Waals surface area contributed by atoms with Crippen molar-refractivity contribution in [2.24, 2.45) is 0 Å². The second-order valence-corrected chi connectivity index (χ2v) is 5.65. The van der Waals surface area contributed by atoms with Gasteiger partial charge in [0.1, 0.15) is 16.4 Å². The van der Waals surface area contributed by atoms with Crippen LogP contribution in [0, 0.1) is 0 Å². The van der Waals surface area contributed by atoms with Gasteiger partial charge >= 0.3 is 0 Å². The molecule has 2 aromatic rings. The zero-order valence-electron chi connectivity index (χ0n) is 10.9. The molecule has 0 bridgehead atoms. The molecule has 2 rings (SSSR count). The number of phenols is 1. The zero-order valence-corrected chi connectivity index (χ0v) is 11.7. The number of sulfonamides is 1. The number of ether oxygens (including phenoxy) is 1. The molecule has 0 aliphatic carbocycles. The molecule has 2 N–H and O–H groups in total. The summed E-state index contributed by atoms with van der Waals surface area (Å²) >= 11 is 0. The predicted molar refractivity (Wildman–Crippen MR) is 76.5 cm³/mol. The Morgan fingerprint density at radius 1 is 1.10 bits per heavy atom. The fourth-order valence-electron chi connectivity index (χ4n) is 1.72. The van der Waals surface area contributed by atoms with E-state index in [1.54, 1.807) is 36.4 Å². The highest BCUT2D eigenvalue weighted by atomic mass is 32.2. The molecule has 2 aromatic carbocycles. The third-order valence-corrected chi connectivity index (χ3v) is 4.00. The number of rotatable bonds is 5. The number of anilines is 1. The highest BCUT2D eigenvalue weighted by Crippen LogP contribution is 2.29. The van der Waals surface area contributed by atoms with Crippen molar-refractivity contribution in [2.45, 2.75) is 11.8 Å². The summed E-state index contributed by atoms with van der Waals surface area (Å²) in [5, 5.41) is 9.65. The molecule has 0 aliphatic heterocycles. The Bertz CT molecular complexity index is 698. The Labute approximate surface area is 117 Å². The monoisotopic (exact) mass is 293 g/mol. The van der Waals surface area contributed by atoms with Crippen LogP contribution in [0.4, 0.5) is 5.69 Å². The summed E-state index contributed by atoms with van der Waals surface area (Å²) in [5.41, 5.74) is 0.331. The topological polar surface area (TPSA) is 75.6 Å². The van der Waals surface area contributed by atoms with E-state index < -0.39 is 10.0 Å². The molecule has 0 spiro atoms. The first kappa shape index (κ1) is 14.2. The fourth-order valence-corrected chi connectivity index (χ4v) is 2.89. The van der Waals surface area contributed by atoms with Gasteiger partial charge in [-0.05, 0) is 31.2 Å². The molecule has 0 heterocycles. The van der Waals surface area contributed by atoms with E-state index in [0.29, 0.717) is 18.0 Å². The number of para-hydroxylation sites is 3. The highest BCUT2D eigenvalue weighted by molar-refractivity contribution is 7.92. The van der Waals surface area contributed by atoms with Gasteiger partial charge < -0.3 is 9.84 Å². The van der Waals surface area contributed by atoms with Crippen LogP contribution in [0.3, 0.4) is 0 Å². The molecule has 0 fully saturated rings. The van der Waals surface area contributed by atoms with Crippen molar-refractivity contribution in [1.82, 2.24) is 0 Å². The number of aromatic hydroxyl groups is 1. The van der Waals surface area contributed by atoms with Crippen LogP contribution in [0.25, 0.3) is 0 Å². The number of phenolic OH excluding ortho intramolecular Hbond substituents is 1. The maximum absolute atomic E-state index is 12.3. The van der Waals surface area contributed by atoms with Crippen molar-refractivity contribution in [1.29, 1.82) is 0 Å². The summed E-state index contributed by atoms with van der Waals surface area (Å²) in [4.78, 5) is -0.175. The summed E-state index contributed by atoms with van der Waals surface area (Å²) in [7, 11) is -3.86. The molecule has 0 saturated carbocycles. The fraction of sp³-hybridized carbons (Fsp3) is 0.143. The van der Waals surface area contributed by atoms with Gasteiger partial charge in [0.25, 0.3) is 10.0 Å². The lowest BCUT2D eigenvalue weighted by Gasteiger charge is -2.13. The number of hydrogen-bond donors (Lipinski definition) is 2. The normalized spacial score (nSPS) is 11.1. The Hall–Kier alpha value is -2.21. The molecule has 0 aliphatic rings. The van der Waals surface area contributed by atoms with Crippen molar-refractivity contribution in [3.05, 3.63) is 48.5 Å². The van der Waals surface area contributed by atoms with Gasteiger partial charge in [-0.1, -0.05) is 24.3 Å². The molecular weight excluding hydrogens is 278 g/mol. The van der Waals surface area contributed by atoms with Gasteiger partial charge in [0, 0.05) is 0 Å². The predicted octanol–water partition coefficient (Wildman–Crippen LogP) is 2.59. The van der Waals surface area contributed by atoms with Gasteiger partial charge in [-0.2, -0.15) is 0 Å². The van der Waals surface area contributed by atoms with Crippen LogP contribution < -0.4 is 9.46 Å². The van der Waals surface area contributed by atoms with E-state index in [-0.39, 0.29) is 10.6 Å². The van der Waals surface area contributed by atoms with E-state index in [2.05, 4.69) is 4.72 Å². The van der Waals surface area contributed by atoms with E-state index in [0.717, 1.165) is 0 Å². The first-order chi connectivity index (χ1) is 9.54. The van der Waals surface area contributed by atoms with Gasteiger partial charge in [0.15, 0.2) is 0 Å². The molecule has 106 valence electrons. The van der Waals surface area contributed by atoms with Crippen LogP contribution in [0.1, 0.15) is 6.92 Å². The summed E-state index contributed by atoms with van der Waals surface area (Å²) in [5.74, 6) is 0.142. The van der Waals surface area contributed by atoms with Crippen molar-refractivity contribution in [3.63, 3.8) is 0 Å². The maximum atomic E-state index is 12.3. The third-order valence-electron chi connectivity index (χ3n) is 2.59. The molecule has 0 radical (unpaired) electrons. The minimum Gasteiger partial charge on any atom is -0.507 e. The van der Waals surface area contributed by atoms with Crippen LogP contribution >= 0.6 is 0 Å². The Balaban J connectivity index is 2.37. The average Bonchev–Trinajstić information content (AvgIpc) is 2.41. The van der Waals surface area contributed by atoms with Gasteiger partial charge in [0.2, 0.25) is 0 Å². The van der Waals surface area contributed by atoms with Crippen molar-refractivity contribution < 1.29 is 18.3 Å². The van der Waals surface area contributed by atoms with Crippen LogP contribution in [-0.2, 0) is 10.0 Å². The molecule has 0 amide bonds. The largest absolute Gasteiger partial charge is 0.507 e. The molecule has 0 saturated heterocycles. The molecule has 20 heavy (non-hydrogen) atoms. The highest BCUT2D eigenvalue weighted by Gasteiger charge is 2.19. The third kappa shape index (κ3) is 3.03. The second-order valence-electron chi connectivity index (χ2n) is 4.00. The molecule has 0 unspecified atom stereocenters. The number of nitrogens with one attached hydrogen (secondary N) is 1. The zero-order chi connectivity index (χ0) is 14.6. The lowest BCUT2D eigenvalue weighted by atomic mass is 10.3. The quantitative estimate of drug-likeness (QED) is 0.888. The van der Waals surface area contributed by atoms with Gasteiger partial charge in [-0.15, -0.1) is 0 Å². The maximum Gasteiger partial charge on any atom is 0.265 e. The first-order valence-electron chi connectivity index (χ1n) is 6.07. The standard InChI is InChI=1S/C14H15NO4S/c1-2-19-13-9-5-3-7-11(13)15-20(17,18)14-10-6-4-8-12(14)16/h3-10,15-16H,2H2,1H3. The van der Waals surface area contributed by atoms with E-state index in [9.17, 15) is 13.5 Å².